The maximum absolute atomic E-state index is 11.7. The summed E-state index contributed by atoms with van der Waals surface area (Å²) >= 11 is 3.35. The number of pyridine rings is 1. The molecule has 0 spiro atoms. The largest absolute Gasteiger partial charge is 0.444 e. The van der Waals surface area contributed by atoms with E-state index < -0.39 is 6.09 Å². The number of benzene rings is 1. The number of hydrogen-bond acceptors (Lipinski definition) is 4. The van der Waals surface area contributed by atoms with Crippen LogP contribution in [0.1, 0.15) is 5.56 Å². The second-order valence-electron chi connectivity index (χ2n) is 4.27. The Labute approximate surface area is 128 Å². The normalized spacial score (nSPS) is 10.5. The maximum Gasteiger partial charge on any atom is 0.414 e. The lowest BCUT2D eigenvalue weighted by Crippen LogP contribution is -2.14. The minimum absolute atomic E-state index is 0.200. The standard InChI is InChI=1S/C14H11BrN4O2/c15-11-6-7-19-12(8-11)16-13(18-19)17-14(20)21-9-10-4-2-1-3-5-10/h1-8H,9H2,(H,17,18,20). The Morgan fingerprint density at radius 2 is 2.10 bits per heavy atom. The smallest absolute Gasteiger partial charge is 0.414 e. The van der Waals surface area contributed by atoms with Crippen molar-refractivity contribution in [3.05, 3.63) is 58.7 Å². The van der Waals surface area contributed by atoms with E-state index in [0.717, 1.165) is 10.0 Å². The van der Waals surface area contributed by atoms with E-state index in [4.69, 9.17) is 4.74 Å². The van der Waals surface area contributed by atoms with Crippen LogP contribution in [0.2, 0.25) is 0 Å². The fourth-order valence-corrected chi connectivity index (χ4v) is 2.08. The lowest BCUT2D eigenvalue weighted by atomic mass is 10.2. The number of carbonyl (C=O) groups is 1. The number of fused-ring (bicyclic) bond motifs is 1. The molecule has 3 rings (SSSR count). The fraction of sp³-hybridized carbons (Fsp3) is 0.0714. The topological polar surface area (TPSA) is 68.5 Å². The Hall–Kier alpha value is -2.41. The van der Waals surface area contributed by atoms with Gasteiger partial charge in [-0.3, -0.25) is 5.32 Å². The van der Waals surface area contributed by atoms with Gasteiger partial charge in [-0.05, 0) is 17.7 Å². The molecule has 6 nitrogen and oxygen atoms in total. The molecule has 0 aliphatic rings. The summed E-state index contributed by atoms with van der Waals surface area (Å²) in [5.74, 6) is 0.200. The molecular weight excluding hydrogens is 336 g/mol. The first-order valence-corrected chi connectivity index (χ1v) is 7.00. The fourth-order valence-electron chi connectivity index (χ4n) is 1.76. The van der Waals surface area contributed by atoms with Crippen LogP contribution in [0, 0.1) is 0 Å². The summed E-state index contributed by atoms with van der Waals surface area (Å²) in [5, 5.41) is 6.62. The van der Waals surface area contributed by atoms with E-state index in [1.54, 1.807) is 16.8 Å². The van der Waals surface area contributed by atoms with Gasteiger partial charge in [0.1, 0.15) is 6.61 Å². The molecule has 2 aromatic heterocycles. The predicted octanol–water partition coefficient (Wildman–Crippen LogP) is 3.24. The van der Waals surface area contributed by atoms with E-state index in [1.165, 1.54) is 0 Å². The molecule has 0 aliphatic carbocycles. The molecule has 0 atom stereocenters. The van der Waals surface area contributed by atoms with Crippen molar-refractivity contribution in [3.8, 4) is 0 Å². The number of carbonyl (C=O) groups excluding carboxylic acids is 1. The van der Waals surface area contributed by atoms with Crippen LogP contribution in [0.3, 0.4) is 0 Å². The summed E-state index contributed by atoms with van der Waals surface area (Å²) in [4.78, 5) is 15.9. The highest BCUT2D eigenvalue weighted by Crippen LogP contribution is 2.13. The molecular formula is C14H11BrN4O2. The average molecular weight is 347 g/mol. The molecule has 0 aliphatic heterocycles. The third-order valence-corrected chi connectivity index (χ3v) is 3.22. The number of aromatic nitrogens is 3. The van der Waals surface area contributed by atoms with Gasteiger partial charge in [0.25, 0.3) is 5.95 Å². The van der Waals surface area contributed by atoms with Crippen molar-refractivity contribution >= 4 is 33.6 Å². The minimum atomic E-state index is -0.589. The van der Waals surface area contributed by atoms with Crippen LogP contribution < -0.4 is 5.32 Å². The van der Waals surface area contributed by atoms with Crippen molar-refractivity contribution in [1.29, 1.82) is 0 Å². The molecule has 0 saturated heterocycles. The van der Waals surface area contributed by atoms with Gasteiger partial charge in [-0.25, -0.2) is 9.31 Å². The van der Waals surface area contributed by atoms with Crippen molar-refractivity contribution in [3.63, 3.8) is 0 Å². The minimum Gasteiger partial charge on any atom is -0.444 e. The Morgan fingerprint density at radius 1 is 1.29 bits per heavy atom. The molecule has 0 bridgehead atoms. The SMILES string of the molecule is O=C(Nc1nc2cc(Br)ccn2n1)OCc1ccccc1. The molecule has 0 unspecified atom stereocenters. The summed E-state index contributed by atoms with van der Waals surface area (Å²) in [7, 11) is 0. The van der Waals surface area contributed by atoms with E-state index in [-0.39, 0.29) is 12.6 Å². The summed E-state index contributed by atoms with van der Waals surface area (Å²) in [6, 6.07) is 13.1. The first-order valence-electron chi connectivity index (χ1n) is 6.20. The van der Waals surface area contributed by atoms with E-state index >= 15 is 0 Å². The van der Waals surface area contributed by atoms with Gasteiger partial charge in [0, 0.05) is 10.7 Å². The number of ether oxygens (including phenoxy) is 1. The Balaban J connectivity index is 1.63. The summed E-state index contributed by atoms with van der Waals surface area (Å²) in [6.07, 6.45) is 1.15. The predicted molar refractivity (Wildman–Crippen MR) is 80.9 cm³/mol. The molecule has 1 N–H and O–H groups in total. The molecule has 21 heavy (non-hydrogen) atoms. The monoisotopic (exact) mass is 346 g/mol. The molecule has 0 saturated carbocycles. The first kappa shape index (κ1) is 13.6. The molecule has 0 fully saturated rings. The highest BCUT2D eigenvalue weighted by atomic mass is 79.9. The van der Waals surface area contributed by atoms with Crippen molar-refractivity contribution in [2.75, 3.05) is 5.32 Å². The summed E-state index contributed by atoms with van der Waals surface area (Å²) in [5.41, 5.74) is 1.54. The zero-order valence-electron chi connectivity index (χ0n) is 10.9. The Bertz CT molecular complexity index is 773. The van der Waals surface area contributed by atoms with Crippen molar-refractivity contribution in [1.82, 2.24) is 14.6 Å². The van der Waals surface area contributed by atoms with Crippen LogP contribution in [0.25, 0.3) is 5.65 Å². The molecule has 1 amide bonds. The second-order valence-corrected chi connectivity index (χ2v) is 5.19. The van der Waals surface area contributed by atoms with Gasteiger partial charge in [0.05, 0.1) is 0 Å². The summed E-state index contributed by atoms with van der Waals surface area (Å²) < 4.78 is 7.56. The third kappa shape index (κ3) is 3.38. The van der Waals surface area contributed by atoms with Crippen LogP contribution in [-0.2, 0) is 11.3 Å². The van der Waals surface area contributed by atoms with E-state index in [0.29, 0.717) is 5.65 Å². The highest BCUT2D eigenvalue weighted by Gasteiger charge is 2.09. The van der Waals surface area contributed by atoms with Crippen LogP contribution in [-0.4, -0.2) is 20.7 Å². The van der Waals surface area contributed by atoms with Gasteiger partial charge in [0.2, 0.25) is 0 Å². The first-order chi connectivity index (χ1) is 10.2. The Morgan fingerprint density at radius 3 is 2.90 bits per heavy atom. The number of anilines is 1. The molecule has 7 heteroatoms. The zero-order chi connectivity index (χ0) is 14.7. The van der Waals surface area contributed by atoms with Gasteiger partial charge in [0.15, 0.2) is 5.65 Å². The van der Waals surface area contributed by atoms with E-state index in [2.05, 4.69) is 31.3 Å². The van der Waals surface area contributed by atoms with Gasteiger partial charge in [-0.15, -0.1) is 5.10 Å². The van der Waals surface area contributed by atoms with Crippen LogP contribution >= 0.6 is 15.9 Å². The number of amides is 1. The lowest BCUT2D eigenvalue weighted by Gasteiger charge is -2.03. The van der Waals surface area contributed by atoms with Gasteiger partial charge < -0.3 is 4.74 Å². The molecule has 1 aromatic carbocycles. The van der Waals surface area contributed by atoms with Crippen molar-refractivity contribution < 1.29 is 9.53 Å². The van der Waals surface area contributed by atoms with Crippen LogP contribution in [0.4, 0.5) is 10.7 Å². The summed E-state index contributed by atoms with van der Waals surface area (Å²) in [6.45, 7) is 0.200. The third-order valence-electron chi connectivity index (χ3n) is 2.73. The van der Waals surface area contributed by atoms with E-state index in [1.807, 2.05) is 36.4 Å². The average Bonchev–Trinajstić information content (AvgIpc) is 2.87. The Kier molecular flexibility index (Phi) is 3.83. The van der Waals surface area contributed by atoms with Crippen LogP contribution in [0.15, 0.2) is 53.1 Å². The molecule has 106 valence electrons. The van der Waals surface area contributed by atoms with Gasteiger partial charge in [-0.1, -0.05) is 46.3 Å². The maximum atomic E-state index is 11.7. The molecule has 2 heterocycles. The number of nitrogens with one attached hydrogen (secondary N) is 1. The van der Waals surface area contributed by atoms with Crippen molar-refractivity contribution in [2.45, 2.75) is 6.61 Å². The lowest BCUT2D eigenvalue weighted by molar-refractivity contribution is 0.155. The highest BCUT2D eigenvalue weighted by molar-refractivity contribution is 9.10. The molecule has 0 radical (unpaired) electrons. The number of halogens is 1. The second kappa shape index (κ2) is 5.92. The van der Waals surface area contributed by atoms with Crippen LogP contribution in [0.5, 0.6) is 0 Å². The number of hydrogen-bond donors (Lipinski definition) is 1. The van der Waals surface area contributed by atoms with Gasteiger partial charge in [-0.2, -0.15) is 4.98 Å². The zero-order valence-corrected chi connectivity index (χ0v) is 12.4. The molecule has 3 aromatic rings. The van der Waals surface area contributed by atoms with Gasteiger partial charge >= 0.3 is 6.09 Å². The van der Waals surface area contributed by atoms with Crippen molar-refractivity contribution in [2.24, 2.45) is 0 Å². The quantitative estimate of drug-likeness (QED) is 0.790. The number of rotatable bonds is 3. The van der Waals surface area contributed by atoms with E-state index in [9.17, 15) is 4.79 Å². The number of nitrogens with zero attached hydrogens (tertiary/aromatic N) is 3.